The maximum absolute atomic E-state index is 13.9. The van der Waals surface area contributed by atoms with Crippen LogP contribution in [0.5, 0.6) is 0 Å². The van der Waals surface area contributed by atoms with Crippen LogP contribution in [0.4, 0.5) is 0 Å². The van der Waals surface area contributed by atoms with Crippen molar-refractivity contribution in [1.82, 2.24) is 53.2 Å². The van der Waals surface area contributed by atoms with Gasteiger partial charge in [-0.15, -0.1) is 0 Å². The van der Waals surface area contributed by atoms with E-state index in [1.807, 2.05) is 21.3 Å². The van der Waals surface area contributed by atoms with Crippen LogP contribution in [0.2, 0.25) is 0 Å². The molecule has 0 fully saturated rings. The van der Waals surface area contributed by atoms with E-state index in [9.17, 15) is 108 Å². The molecule has 11 amide bonds. The summed E-state index contributed by atoms with van der Waals surface area (Å²) in [5.74, 6) is -18.7. The molecular weight excluding hydrogens is 1100 g/mol. The highest BCUT2D eigenvalue weighted by atomic mass is 16.4. The lowest BCUT2D eigenvalue weighted by Crippen LogP contribution is -2.63. The van der Waals surface area contributed by atoms with Crippen molar-refractivity contribution in [2.45, 2.75) is 177 Å². The van der Waals surface area contributed by atoms with Gasteiger partial charge >= 0.3 is 17.9 Å². The van der Waals surface area contributed by atoms with Gasteiger partial charge in [-0.3, -0.25) is 62.3 Å². The van der Waals surface area contributed by atoms with Crippen LogP contribution in [-0.4, -0.2) is 235 Å². The van der Waals surface area contributed by atoms with Crippen LogP contribution in [0.25, 0.3) is 0 Å². The third-order valence-corrected chi connectivity index (χ3v) is 11.7. The fourth-order valence-corrected chi connectivity index (χ4v) is 7.12. The Balaban J connectivity index is 6.70. The average molecular weight is 1180 g/mol. The van der Waals surface area contributed by atoms with Crippen LogP contribution in [0, 0.1) is 0 Å². The number of aliphatic hydroxyl groups excluding tert-OH is 5. The molecular formula is C46H80N14O22. The van der Waals surface area contributed by atoms with E-state index in [0.29, 0.717) is 12.8 Å². The lowest BCUT2D eigenvalue weighted by Gasteiger charge is -2.28. The van der Waals surface area contributed by atoms with Gasteiger partial charge in [-0.1, -0.05) is 0 Å². The summed E-state index contributed by atoms with van der Waals surface area (Å²) in [6.45, 7) is 2.14. The van der Waals surface area contributed by atoms with E-state index in [4.69, 9.17) is 22.9 Å². The molecule has 0 aliphatic rings. The lowest BCUT2D eigenvalue weighted by atomic mass is 10.0. The molecule has 82 heavy (non-hydrogen) atoms. The molecule has 36 nitrogen and oxygen atoms in total. The van der Waals surface area contributed by atoms with Crippen molar-refractivity contribution < 1.29 is 108 Å². The molecule has 0 saturated carbocycles. The Morgan fingerprint density at radius 2 is 0.683 bits per heavy atom. The summed E-state index contributed by atoms with van der Waals surface area (Å²) in [6, 6.07) is -20.1. The maximum atomic E-state index is 13.9. The number of aliphatic hydroxyl groups is 5. The van der Waals surface area contributed by atoms with Crippen LogP contribution < -0.4 is 76.1 Å². The van der Waals surface area contributed by atoms with Crippen LogP contribution >= 0.6 is 0 Å². The Bertz CT molecular complexity index is 2220. The minimum Gasteiger partial charge on any atom is -0.481 e. The molecule has 0 unspecified atom stereocenters. The predicted molar refractivity (Wildman–Crippen MR) is 279 cm³/mol. The number of unbranched alkanes of at least 4 members (excludes halogenated alkanes) is 2. The Labute approximate surface area is 469 Å². The zero-order chi connectivity index (χ0) is 63.1. The molecule has 0 spiro atoms. The highest BCUT2D eigenvalue weighted by Crippen LogP contribution is 2.10. The van der Waals surface area contributed by atoms with E-state index in [2.05, 4.69) is 31.9 Å². The summed E-state index contributed by atoms with van der Waals surface area (Å²) < 4.78 is 0. The molecule has 0 aromatic carbocycles. The summed E-state index contributed by atoms with van der Waals surface area (Å²) in [7, 11) is 0. The number of carbonyl (C=O) groups is 14. The Morgan fingerprint density at radius 3 is 1.05 bits per heavy atom. The van der Waals surface area contributed by atoms with Crippen molar-refractivity contribution in [2.24, 2.45) is 22.9 Å². The van der Waals surface area contributed by atoms with Gasteiger partial charge < -0.3 is 117 Å². The van der Waals surface area contributed by atoms with E-state index < -0.39 is 207 Å². The number of amides is 11. The van der Waals surface area contributed by atoms with Gasteiger partial charge in [-0.2, -0.15) is 0 Å². The van der Waals surface area contributed by atoms with E-state index in [1.165, 1.54) is 6.92 Å². The van der Waals surface area contributed by atoms with E-state index in [0.717, 1.165) is 20.8 Å². The molecule has 0 radical (unpaired) electrons. The maximum Gasteiger partial charge on any atom is 0.328 e. The SMILES string of the molecule is C[C@H](N)C(=O)N[C@@H](CCCCN)C(=O)N[C@@H](CCC(=O)O)C(=O)N[C@H](C(=O)N[C@@H](CC(N)=O)C(=O)N[C@@H](CCCCN)C(=O)N[C@@H](CC(=O)O)C(=O)N[C@H](C(=O)N[C@@H](CO)C(=O)N[C@@H](CO)C(=O)N[C@H](C(=O)O)[C@@H](C)O)[C@@H](C)O)[C@@H](C)O. The third-order valence-electron chi connectivity index (χ3n) is 11.7. The van der Waals surface area contributed by atoms with Crippen LogP contribution in [0.1, 0.15) is 91.9 Å². The van der Waals surface area contributed by atoms with Gasteiger partial charge in [0.05, 0.1) is 50.4 Å². The first-order valence-corrected chi connectivity index (χ1v) is 25.7. The fraction of sp³-hybridized carbons (Fsp3) is 0.696. The molecule has 0 aromatic rings. The number of carbonyl (C=O) groups excluding carboxylic acids is 11. The van der Waals surface area contributed by atoms with Crippen molar-refractivity contribution in [2.75, 3.05) is 26.3 Å². The van der Waals surface area contributed by atoms with E-state index in [-0.39, 0.29) is 38.8 Å². The number of hydrogen-bond donors (Lipinski definition) is 22. The van der Waals surface area contributed by atoms with Gasteiger partial charge in [-0.25, -0.2) is 4.79 Å². The molecule has 0 aromatic heterocycles. The number of aliphatic carboxylic acids is 3. The van der Waals surface area contributed by atoms with Gasteiger partial charge in [0, 0.05) is 6.42 Å². The largest absolute Gasteiger partial charge is 0.481 e. The summed E-state index contributed by atoms with van der Waals surface area (Å²) in [5, 5.41) is 99.8. The van der Waals surface area contributed by atoms with E-state index >= 15 is 0 Å². The molecule has 0 aliphatic heterocycles. The van der Waals surface area contributed by atoms with E-state index in [1.54, 1.807) is 0 Å². The topological polar surface area (TPSA) is 625 Å². The monoisotopic (exact) mass is 1180 g/mol. The second-order valence-electron chi connectivity index (χ2n) is 18.9. The summed E-state index contributed by atoms with van der Waals surface area (Å²) >= 11 is 0. The Morgan fingerprint density at radius 1 is 0.378 bits per heavy atom. The molecule has 0 saturated heterocycles. The first-order valence-electron chi connectivity index (χ1n) is 25.7. The molecule has 0 aliphatic carbocycles. The predicted octanol–water partition coefficient (Wildman–Crippen LogP) is -11.1. The van der Waals surface area contributed by atoms with Gasteiger partial charge in [0.25, 0.3) is 0 Å². The van der Waals surface area contributed by atoms with Crippen molar-refractivity contribution in [3.8, 4) is 0 Å². The number of primary amides is 1. The van der Waals surface area contributed by atoms with Crippen molar-refractivity contribution in [1.29, 1.82) is 0 Å². The summed E-state index contributed by atoms with van der Waals surface area (Å²) in [6.07, 6.45) is -8.33. The van der Waals surface area contributed by atoms with Crippen LogP contribution in [-0.2, 0) is 67.1 Å². The fourth-order valence-electron chi connectivity index (χ4n) is 7.12. The van der Waals surface area contributed by atoms with Gasteiger partial charge in [-0.05, 0) is 85.7 Å². The third kappa shape index (κ3) is 27.6. The van der Waals surface area contributed by atoms with Crippen molar-refractivity contribution >= 4 is 82.9 Å². The van der Waals surface area contributed by atoms with Crippen molar-refractivity contribution in [3.05, 3.63) is 0 Å². The normalized spacial score (nSPS) is 16.2. The summed E-state index contributed by atoms with van der Waals surface area (Å²) in [5.41, 5.74) is 22.2. The van der Waals surface area contributed by atoms with Crippen molar-refractivity contribution in [3.63, 3.8) is 0 Å². The Hall–Kier alpha value is -7.74. The zero-order valence-corrected chi connectivity index (χ0v) is 45.6. The first kappa shape index (κ1) is 74.3. The second-order valence-corrected chi connectivity index (χ2v) is 18.9. The summed E-state index contributed by atoms with van der Waals surface area (Å²) in [4.78, 5) is 181. The molecule has 0 heterocycles. The number of carboxylic acids is 3. The highest BCUT2D eigenvalue weighted by molar-refractivity contribution is 6.00. The van der Waals surface area contributed by atoms with Gasteiger partial charge in [0.1, 0.15) is 54.4 Å². The quantitative estimate of drug-likeness (QED) is 0.0253. The number of hydrogen-bond acceptors (Lipinski definition) is 22. The van der Waals surface area contributed by atoms with Gasteiger partial charge in [0.2, 0.25) is 65.0 Å². The number of rotatable bonds is 41. The molecule has 466 valence electrons. The smallest absolute Gasteiger partial charge is 0.328 e. The minimum absolute atomic E-state index is 0.00363. The molecule has 0 rings (SSSR count). The standard InChI is InChI=1S/C46H80N14O22/c1-19(49)36(71)51-23(9-5-7-13-47)37(72)53-25(11-12-31(67)68)39(74)58-33(20(2)63)44(79)55-26(15-30(50)66)40(75)52-24(10-6-8-14-48)38(73)54-27(16-32(69)70)41(76)59-34(21(3)64)45(80)57-28(17-61)42(77)56-29(18-62)43(78)60-35(22(4)65)46(81)82/h19-29,33-35,61-65H,5-18,47-49H2,1-4H3,(H2,50,66)(H,51,71)(H,52,75)(H,53,72)(H,54,73)(H,55,79)(H,56,77)(H,57,80)(H,58,74)(H,59,76)(H,60,78)(H,67,68)(H,69,70)(H,81,82)/t19-,20+,21+,22+,23-,24-,25-,26-,27-,28-,29-,33-,34-,35-/m0/s1. The second kappa shape index (κ2) is 38.1. The minimum atomic E-state index is -2.15. The number of nitrogens with two attached hydrogens (primary N) is 4. The van der Waals surface area contributed by atoms with Crippen LogP contribution in [0.15, 0.2) is 0 Å². The number of nitrogens with one attached hydrogen (secondary N) is 10. The number of carboxylic acid groups (broad SMARTS) is 3. The van der Waals surface area contributed by atoms with Crippen LogP contribution in [0.3, 0.4) is 0 Å². The Kier molecular flexibility index (Phi) is 34.5. The molecule has 36 heteroatoms. The highest BCUT2D eigenvalue weighted by Gasteiger charge is 2.38. The average Bonchev–Trinajstić information content (AvgIpc) is 3.38. The molecule has 0 bridgehead atoms. The lowest BCUT2D eigenvalue weighted by molar-refractivity contribution is -0.145. The zero-order valence-electron chi connectivity index (χ0n) is 45.6. The molecule has 26 N–H and O–H groups in total. The first-order chi connectivity index (χ1) is 38.3. The van der Waals surface area contributed by atoms with Gasteiger partial charge in [0.15, 0.2) is 6.04 Å². The molecule has 14 atom stereocenters.